The van der Waals surface area contributed by atoms with Crippen LogP contribution in [-0.2, 0) is 22.7 Å². The van der Waals surface area contributed by atoms with E-state index in [2.05, 4.69) is 15.6 Å². The lowest BCUT2D eigenvalue weighted by molar-refractivity contribution is -0.136. The SMILES string of the molecule is O=C1CCC(N2Cc3cc(CNC(=O)c4ccc(Cl)cn4)c(F)cc3C2=O)C(=O)N1. The summed E-state index contributed by atoms with van der Waals surface area (Å²) in [6, 6.07) is 4.82. The number of fused-ring (bicyclic) bond motifs is 1. The summed E-state index contributed by atoms with van der Waals surface area (Å²) in [5, 5.41) is 5.19. The van der Waals surface area contributed by atoms with Crippen molar-refractivity contribution >= 4 is 35.2 Å². The van der Waals surface area contributed by atoms with Gasteiger partial charge in [0, 0.05) is 36.8 Å². The summed E-state index contributed by atoms with van der Waals surface area (Å²) in [4.78, 5) is 53.5. The van der Waals surface area contributed by atoms with E-state index >= 15 is 0 Å². The first-order chi connectivity index (χ1) is 14.3. The third kappa shape index (κ3) is 3.76. The Labute approximate surface area is 175 Å². The van der Waals surface area contributed by atoms with Crippen molar-refractivity contribution in [2.45, 2.75) is 32.0 Å². The number of hydrogen-bond acceptors (Lipinski definition) is 5. The molecule has 4 rings (SSSR count). The average Bonchev–Trinajstić information content (AvgIpc) is 3.02. The molecule has 1 fully saturated rings. The molecule has 2 N–H and O–H groups in total. The van der Waals surface area contributed by atoms with Crippen LogP contribution in [0.5, 0.6) is 0 Å². The summed E-state index contributed by atoms with van der Waals surface area (Å²) in [6.07, 6.45) is 1.70. The molecule has 4 amide bonds. The number of carbonyl (C=O) groups excluding carboxylic acids is 4. The Hall–Kier alpha value is -3.33. The summed E-state index contributed by atoms with van der Waals surface area (Å²) in [7, 11) is 0. The average molecular weight is 431 g/mol. The van der Waals surface area contributed by atoms with Crippen LogP contribution in [-0.4, -0.2) is 39.6 Å². The number of aromatic nitrogens is 1. The fourth-order valence-corrected chi connectivity index (χ4v) is 3.66. The number of piperidine rings is 1. The number of nitrogens with one attached hydrogen (secondary N) is 2. The number of hydrogen-bond donors (Lipinski definition) is 2. The van der Waals surface area contributed by atoms with Crippen molar-refractivity contribution in [3.05, 3.63) is 63.7 Å². The summed E-state index contributed by atoms with van der Waals surface area (Å²) >= 11 is 5.74. The predicted molar refractivity (Wildman–Crippen MR) is 103 cm³/mol. The van der Waals surface area contributed by atoms with E-state index in [0.29, 0.717) is 10.6 Å². The minimum Gasteiger partial charge on any atom is -0.347 e. The molecule has 154 valence electrons. The van der Waals surface area contributed by atoms with Gasteiger partial charge >= 0.3 is 0 Å². The number of benzene rings is 1. The summed E-state index contributed by atoms with van der Waals surface area (Å²) in [5.41, 5.74) is 1.07. The van der Waals surface area contributed by atoms with Gasteiger partial charge in [-0.05, 0) is 36.2 Å². The Bertz CT molecular complexity index is 1070. The highest BCUT2D eigenvalue weighted by Gasteiger charge is 2.39. The van der Waals surface area contributed by atoms with E-state index in [-0.39, 0.29) is 48.7 Å². The number of imide groups is 1. The molecule has 2 aromatic rings. The van der Waals surface area contributed by atoms with Gasteiger partial charge in [0.25, 0.3) is 11.8 Å². The van der Waals surface area contributed by atoms with Gasteiger partial charge in [0.1, 0.15) is 17.6 Å². The molecule has 0 radical (unpaired) electrons. The molecule has 1 saturated heterocycles. The van der Waals surface area contributed by atoms with E-state index in [1.165, 1.54) is 29.3 Å². The van der Waals surface area contributed by atoms with Gasteiger partial charge in [-0.1, -0.05) is 11.6 Å². The van der Waals surface area contributed by atoms with E-state index in [4.69, 9.17) is 11.6 Å². The maximum absolute atomic E-state index is 14.5. The molecule has 2 aliphatic heterocycles. The Kier molecular flexibility index (Phi) is 5.21. The van der Waals surface area contributed by atoms with Crippen LogP contribution in [0.1, 0.15) is 44.8 Å². The summed E-state index contributed by atoms with van der Waals surface area (Å²) in [6.45, 7) is 0.0231. The van der Waals surface area contributed by atoms with Crippen LogP contribution < -0.4 is 10.6 Å². The molecule has 1 unspecified atom stereocenters. The van der Waals surface area contributed by atoms with E-state index < -0.39 is 29.6 Å². The fourth-order valence-electron chi connectivity index (χ4n) is 3.55. The highest BCUT2D eigenvalue weighted by molar-refractivity contribution is 6.30. The Morgan fingerprint density at radius 2 is 2.10 bits per heavy atom. The molecule has 0 spiro atoms. The van der Waals surface area contributed by atoms with Crippen molar-refractivity contribution in [1.82, 2.24) is 20.5 Å². The topological polar surface area (TPSA) is 108 Å². The van der Waals surface area contributed by atoms with Crippen molar-refractivity contribution in [3.63, 3.8) is 0 Å². The van der Waals surface area contributed by atoms with Gasteiger partial charge < -0.3 is 10.2 Å². The highest BCUT2D eigenvalue weighted by Crippen LogP contribution is 2.29. The monoisotopic (exact) mass is 430 g/mol. The van der Waals surface area contributed by atoms with Gasteiger partial charge in [0.05, 0.1) is 5.02 Å². The van der Waals surface area contributed by atoms with Crippen molar-refractivity contribution in [2.75, 3.05) is 0 Å². The lowest BCUT2D eigenvalue weighted by Gasteiger charge is -2.29. The van der Waals surface area contributed by atoms with Crippen LogP contribution in [0.3, 0.4) is 0 Å². The lowest BCUT2D eigenvalue weighted by Crippen LogP contribution is -2.52. The number of rotatable bonds is 4. The molecular formula is C20H16ClFN4O4. The number of halogens is 2. The molecule has 0 saturated carbocycles. The summed E-state index contributed by atoms with van der Waals surface area (Å²) in [5.74, 6) is -2.50. The fraction of sp³-hybridized carbons (Fsp3) is 0.250. The van der Waals surface area contributed by atoms with Gasteiger partial charge in [-0.3, -0.25) is 24.5 Å². The smallest absolute Gasteiger partial charge is 0.270 e. The number of carbonyl (C=O) groups is 4. The molecule has 0 bridgehead atoms. The Balaban J connectivity index is 1.48. The molecule has 30 heavy (non-hydrogen) atoms. The second kappa shape index (κ2) is 7.83. The van der Waals surface area contributed by atoms with Crippen LogP contribution >= 0.6 is 11.6 Å². The van der Waals surface area contributed by atoms with Gasteiger partial charge in [-0.15, -0.1) is 0 Å². The third-order valence-corrected chi connectivity index (χ3v) is 5.31. The highest BCUT2D eigenvalue weighted by atomic mass is 35.5. The quantitative estimate of drug-likeness (QED) is 0.716. The zero-order valence-corrected chi connectivity index (χ0v) is 16.3. The van der Waals surface area contributed by atoms with Gasteiger partial charge in [0.15, 0.2) is 0 Å². The molecule has 1 atom stereocenters. The Morgan fingerprint density at radius 1 is 1.30 bits per heavy atom. The van der Waals surface area contributed by atoms with E-state index in [1.807, 2.05) is 0 Å². The largest absolute Gasteiger partial charge is 0.347 e. The minimum absolute atomic E-state index is 0.102. The van der Waals surface area contributed by atoms with Crippen molar-refractivity contribution in [3.8, 4) is 0 Å². The van der Waals surface area contributed by atoms with Gasteiger partial charge in [0.2, 0.25) is 11.8 Å². The molecule has 1 aromatic heterocycles. The first-order valence-electron chi connectivity index (χ1n) is 9.19. The molecule has 2 aliphatic rings. The predicted octanol–water partition coefficient (Wildman–Crippen LogP) is 1.57. The van der Waals surface area contributed by atoms with Crippen molar-refractivity contribution in [2.24, 2.45) is 0 Å². The van der Waals surface area contributed by atoms with Crippen LogP contribution in [0.25, 0.3) is 0 Å². The molecule has 8 nitrogen and oxygen atoms in total. The normalized spacial score (nSPS) is 18.3. The molecule has 10 heteroatoms. The van der Waals surface area contributed by atoms with E-state index in [0.717, 1.165) is 6.07 Å². The van der Waals surface area contributed by atoms with Crippen LogP contribution in [0, 0.1) is 5.82 Å². The second-order valence-corrected chi connectivity index (χ2v) is 7.48. The van der Waals surface area contributed by atoms with Crippen LogP contribution in [0.4, 0.5) is 4.39 Å². The van der Waals surface area contributed by atoms with E-state index in [9.17, 15) is 23.6 Å². The van der Waals surface area contributed by atoms with Crippen LogP contribution in [0.2, 0.25) is 5.02 Å². The molecule has 1 aromatic carbocycles. The van der Waals surface area contributed by atoms with Crippen molar-refractivity contribution in [1.29, 1.82) is 0 Å². The van der Waals surface area contributed by atoms with Gasteiger partial charge in [-0.25, -0.2) is 9.37 Å². The standard InChI is InChI=1S/C20H16ClFN4O4/c21-12-1-2-15(23-8-12)18(28)24-7-10-5-11-9-26(20(30)13(11)6-14(10)22)16-3-4-17(27)25-19(16)29/h1-2,5-6,8,16H,3-4,7,9H2,(H,24,28)(H,25,27,29). The van der Waals surface area contributed by atoms with E-state index in [1.54, 1.807) is 0 Å². The molecule has 3 heterocycles. The first kappa shape index (κ1) is 20.0. The number of nitrogens with zero attached hydrogens (tertiary/aromatic N) is 2. The van der Waals surface area contributed by atoms with Gasteiger partial charge in [-0.2, -0.15) is 0 Å². The molecular weight excluding hydrogens is 415 g/mol. The lowest BCUT2D eigenvalue weighted by atomic mass is 10.0. The Morgan fingerprint density at radius 3 is 2.80 bits per heavy atom. The number of pyridine rings is 1. The van der Waals surface area contributed by atoms with Crippen LogP contribution in [0.15, 0.2) is 30.5 Å². The molecule has 0 aliphatic carbocycles. The van der Waals surface area contributed by atoms with Crippen molar-refractivity contribution < 1.29 is 23.6 Å². The maximum Gasteiger partial charge on any atom is 0.270 e. The zero-order chi connectivity index (χ0) is 21.4. The minimum atomic E-state index is -0.773. The summed E-state index contributed by atoms with van der Waals surface area (Å²) < 4.78 is 14.5. The maximum atomic E-state index is 14.5. The second-order valence-electron chi connectivity index (χ2n) is 7.05. The number of amides is 4. The third-order valence-electron chi connectivity index (χ3n) is 5.09. The first-order valence-corrected chi connectivity index (χ1v) is 9.57. The zero-order valence-electron chi connectivity index (χ0n) is 15.6.